The number of rotatable bonds is 4. The van der Waals surface area contributed by atoms with E-state index >= 15 is 0 Å². The molecule has 1 aromatic carbocycles. The zero-order valence-corrected chi connectivity index (χ0v) is 11.3. The van der Waals surface area contributed by atoms with Crippen molar-refractivity contribution in [2.45, 2.75) is 11.8 Å². The maximum atomic E-state index is 13.7. The Labute approximate surface area is 112 Å². The third-order valence-electron chi connectivity index (χ3n) is 2.23. The average Bonchev–Trinajstić information content (AvgIpc) is 2.31. The van der Waals surface area contributed by atoms with Crippen LogP contribution in [0.3, 0.4) is 0 Å². The first-order chi connectivity index (χ1) is 9.11. The lowest BCUT2D eigenvalue weighted by Crippen LogP contribution is -2.19. The monoisotopic (exact) mass is 308 g/mol. The molecule has 0 fully saturated rings. The Balaban J connectivity index is 3.49. The summed E-state index contributed by atoms with van der Waals surface area (Å²) >= 11 is 0. The van der Waals surface area contributed by atoms with E-state index in [-0.39, 0.29) is 12.7 Å². The van der Waals surface area contributed by atoms with Crippen LogP contribution in [0, 0.1) is 11.6 Å². The van der Waals surface area contributed by atoms with Crippen molar-refractivity contribution in [3.63, 3.8) is 0 Å². The van der Waals surface area contributed by atoms with Crippen LogP contribution in [0.25, 0.3) is 0 Å². The Bertz CT molecular complexity index is 681. The Kier molecular flexibility index (Phi) is 4.43. The number of esters is 1. The molecule has 9 heteroatoms. The van der Waals surface area contributed by atoms with Crippen molar-refractivity contribution in [3.05, 3.63) is 23.3 Å². The third kappa shape index (κ3) is 2.93. The summed E-state index contributed by atoms with van der Waals surface area (Å²) in [5.74, 6) is -7.75. The SMILES string of the molecule is CCOC(=O)C(=O)c1cc(F)c(S(C)(=O)=O)c(F)c1O. The molecule has 0 bridgehead atoms. The minimum atomic E-state index is -4.30. The fourth-order valence-corrected chi connectivity index (χ4v) is 2.25. The number of carbonyl (C=O) groups is 2. The number of halogens is 2. The molecule has 0 aliphatic rings. The van der Waals surface area contributed by atoms with Crippen molar-refractivity contribution in [3.8, 4) is 5.75 Å². The van der Waals surface area contributed by atoms with E-state index in [0.717, 1.165) is 0 Å². The number of aromatic hydroxyl groups is 1. The second kappa shape index (κ2) is 5.53. The van der Waals surface area contributed by atoms with Crippen LogP contribution in [0.2, 0.25) is 0 Å². The van der Waals surface area contributed by atoms with Gasteiger partial charge in [0.2, 0.25) is 0 Å². The smallest absolute Gasteiger partial charge is 0.379 e. The number of hydrogen-bond donors (Lipinski definition) is 1. The molecule has 0 unspecified atom stereocenters. The fraction of sp³-hybridized carbons (Fsp3) is 0.273. The highest BCUT2D eigenvalue weighted by atomic mass is 32.2. The molecule has 20 heavy (non-hydrogen) atoms. The first kappa shape index (κ1) is 16.0. The van der Waals surface area contributed by atoms with Gasteiger partial charge < -0.3 is 9.84 Å². The van der Waals surface area contributed by atoms with E-state index in [4.69, 9.17) is 0 Å². The predicted molar refractivity (Wildman–Crippen MR) is 62.1 cm³/mol. The zero-order chi connectivity index (χ0) is 15.7. The molecule has 0 radical (unpaired) electrons. The van der Waals surface area contributed by atoms with E-state index in [0.29, 0.717) is 6.26 Å². The average molecular weight is 308 g/mol. The number of ketones is 1. The van der Waals surface area contributed by atoms with Crippen LogP contribution < -0.4 is 0 Å². The summed E-state index contributed by atoms with van der Waals surface area (Å²) in [6, 6.07) is 0.272. The number of phenols is 1. The molecule has 0 aliphatic heterocycles. The maximum Gasteiger partial charge on any atom is 0.379 e. The van der Waals surface area contributed by atoms with Crippen molar-refractivity contribution in [1.82, 2.24) is 0 Å². The number of carbonyl (C=O) groups excluding carboxylic acids is 2. The molecule has 110 valence electrons. The van der Waals surface area contributed by atoms with Gasteiger partial charge in [-0.2, -0.15) is 0 Å². The second-order valence-electron chi connectivity index (χ2n) is 3.72. The van der Waals surface area contributed by atoms with E-state index in [1.54, 1.807) is 0 Å². The molecule has 6 nitrogen and oxygen atoms in total. The van der Waals surface area contributed by atoms with Gasteiger partial charge in [-0.3, -0.25) is 4.79 Å². The minimum Gasteiger partial charge on any atom is -0.504 e. The molecule has 0 aliphatic carbocycles. The van der Waals surface area contributed by atoms with Gasteiger partial charge in [-0.1, -0.05) is 0 Å². The van der Waals surface area contributed by atoms with Crippen LogP contribution in [0.5, 0.6) is 5.75 Å². The highest BCUT2D eigenvalue weighted by Crippen LogP contribution is 2.30. The van der Waals surface area contributed by atoms with Gasteiger partial charge in [-0.05, 0) is 13.0 Å². The van der Waals surface area contributed by atoms with E-state index in [1.807, 2.05) is 0 Å². The molecule has 0 heterocycles. The lowest BCUT2D eigenvalue weighted by molar-refractivity contribution is -0.137. The van der Waals surface area contributed by atoms with Crippen LogP contribution in [0.4, 0.5) is 8.78 Å². The molecule has 1 N–H and O–H groups in total. The topological polar surface area (TPSA) is 97.7 Å². The van der Waals surface area contributed by atoms with E-state index in [1.165, 1.54) is 6.92 Å². The highest BCUT2D eigenvalue weighted by molar-refractivity contribution is 7.90. The van der Waals surface area contributed by atoms with Gasteiger partial charge in [0.25, 0.3) is 5.78 Å². The van der Waals surface area contributed by atoms with Gasteiger partial charge in [-0.15, -0.1) is 0 Å². The zero-order valence-electron chi connectivity index (χ0n) is 10.4. The molecule has 0 amide bonds. The number of Topliss-reactive ketones (excluding diaryl/α,β-unsaturated/α-hetero) is 1. The second-order valence-corrected chi connectivity index (χ2v) is 5.67. The number of benzene rings is 1. The fourth-order valence-electron chi connectivity index (χ4n) is 1.41. The molecule has 0 atom stereocenters. The van der Waals surface area contributed by atoms with Crippen LogP contribution in [0.1, 0.15) is 17.3 Å². The summed E-state index contributed by atoms with van der Waals surface area (Å²) in [5, 5.41) is 9.42. The normalized spacial score (nSPS) is 11.2. The van der Waals surface area contributed by atoms with Crippen molar-refractivity contribution in [2.24, 2.45) is 0 Å². The Hall–Kier alpha value is -2.03. The molecule has 1 aromatic rings. The molecule has 0 saturated heterocycles. The van der Waals surface area contributed by atoms with Crippen LogP contribution in [0.15, 0.2) is 11.0 Å². The highest BCUT2D eigenvalue weighted by Gasteiger charge is 2.30. The molecular weight excluding hydrogens is 298 g/mol. The van der Waals surface area contributed by atoms with Gasteiger partial charge in [0.15, 0.2) is 21.4 Å². The summed E-state index contributed by atoms with van der Waals surface area (Å²) in [6.07, 6.45) is 0.529. The van der Waals surface area contributed by atoms with E-state index < -0.39 is 49.4 Å². The van der Waals surface area contributed by atoms with Gasteiger partial charge >= 0.3 is 5.97 Å². The van der Waals surface area contributed by atoms with Crippen LogP contribution in [-0.4, -0.2) is 38.1 Å². The minimum absolute atomic E-state index is 0.155. The van der Waals surface area contributed by atoms with Crippen molar-refractivity contribution in [2.75, 3.05) is 12.9 Å². The lowest BCUT2D eigenvalue weighted by Gasteiger charge is -2.08. The molecule has 0 spiro atoms. The Morgan fingerprint density at radius 2 is 1.90 bits per heavy atom. The molecule has 0 aromatic heterocycles. The summed E-state index contributed by atoms with van der Waals surface area (Å²) in [5.41, 5.74) is -1.01. The standard InChI is InChI=1S/C11H10F2O6S/c1-3-19-11(16)9(15)5-4-6(12)10(20(2,17)18)7(13)8(5)14/h4,14H,3H2,1-2H3. The van der Waals surface area contributed by atoms with Gasteiger partial charge in [-0.25, -0.2) is 22.0 Å². The largest absolute Gasteiger partial charge is 0.504 e. The Morgan fingerprint density at radius 1 is 1.35 bits per heavy atom. The van der Waals surface area contributed by atoms with E-state index in [9.17, 15) is 31.9 Å². The summed E-state index contributed by atoms with van der Waals surface area (Å²) in [4.78, 5) is 21.3. The first-order valence-corrected chi connectivity index (χ1v) is 7.12. The lowest BCUT2D eigenvalue weighted by atomic mass is 10.1. The predicted octanol–water partition coefficient (Wildman–Crippen LogP) is 0.820. The summed E-state index contributed by atoms with van der Waals surface area (Å²) in [7, 11) is -4.30. The van der Waals surface area contributed by atoms with Gasteiger partial charge in [0, 0.05) is 6.26 Å². The van der Waals surface area contributed by atoms with Crippen molar-refractivity contribution >= 4 is 21.6 Å². The summed E-state index contributed by atoms with van der Waals surface area (Å²) in [6.45, 7) is 1.25. The number of ether oxygens (including phenoxy) is 1. The number of hydrogen-bond acceptors (Lipinski definition) is 6. The third-order valence-corrected chi connectivity index (χ3v) is 3.34. The van der Waals surface area contributed by atoms with Crippen molar-refractivity contribution < 1.29 is 36.6 Å². The number of phenolic OH excluding ortho intramolecular Hbond substituents is 1. The molecule has 1 rings (SSSR count). The first-order valence-electron chi connectivity index (χ1n) is 5.23. The van der Waals surface area contributed by atoms with Crippen molar-refractivity contribution in [1.29, 1.82) is 0 Å². The quantitative estimate of drug-likeness (QED) is 0.502. The van der Waals surface area contributed by atoms with Gasteiger partial charge in [0.1, 0.15) is 10.7 Å². The van der Waals surface area contributed by atoms with Crippen LogP contribution >= 0.6 is 0 Å². The molecular formula is C11H10F2O6S. The van der Waals surface area contributed by atoms with Gasteiger partial charge in [0.05, 0.1) is 12.2 Å². The molecule has 0 saturated carbocycles. The number of sulfone groups is 1. The van der Waals surface area contributed by atoms with Crippen LogP contribution in [-0.2, 0) is 19.4 Å². The Morgan fingerprint density at radius 3 is 2.35 bits per heavy atom. The maximum absolute atomic E-state index is 13.7. The summed E-state index contributed by atoms with van der Waals surface area (Å²) < 4.78 is 53.9. The van der Waals surface area contributed by atoms with E-state index in [2.05, 4.69) is 4.74 Å².